The van der Waals surface area contributed by atoms with E-state index in [1.165, 1.54) is 12.8 Å². The van der Waals surface area contributed by atoms with Gasteiger partial charge in [-0.25, -0.2) is 0 Å². The van der Waals surface area contributed by atoms with Gasteiger partial charge in [-0.3, -0.25) is 4.79 Å². The number of nitrogens with one attached hydrogen (secondary N) is 2. The summed E-state index contributed by atoms with van der Waals surface area (Å²) in [5.41, 5.74) is 0. The third kappa shape index (κ3) is 4.77. The van der Waals surface area contributed by atoms with Crippen LogP contribution in [0.25, 0.3) is 0 Å². The van der Waals surface area contributed by atoms with E-state index in [9.17, 15) is 4.79 Å². The SMILES string of the molecule is Cl.O=C(CCOc1ccc(Cl)cc1)NC1CC2CCC(C1)N2. The number of benzene rings is 1. The molecule has 2 aliphatic heterocycles. The van der Waals surface area contributed by atoms with Gasteiger partial charge in [-0.15, -0.1) is 12.4 Å². The standard InChI is InChI=1S/C16H21ClN2O2.ClH/c17-11-1-5-15(6-2-11)21-8-7-16(20)19-14-9-12-3-4-13(10-14)18-12;/h1-2,5-6,12-14,18H,3-4,7-10H2,(H,19,20);1H. The molecule has 0 aliphatic carbocycles. The molecule has 1 aromatic rings. The quantitative estimate of drug-likeness (QED) is 0.863. The van der Waals surface area contributed by atoms with Crippen LogP contribution in [0.4, 0.5) is 0 Å². The van der Waals surface area contributed by atoms with E-state index in [-0.39, 0.29) is 18.3 Å². The third-order valence-corrected chi connectivity index (χ3v) is 4.50. The van der Waals surface area contributed by atoms with E-state index in [1.54, 1.807) is 12.1 Å². The molecule has 2 atom stereocenters. The fraction of sp³-hybridized carbons (Fsp3) is 0.562. The van der Waals surface area contributed by atoms with Crippen LogP contribution in [0.5, 0.6) is 5.75 Å². The Morgan fingerprint density at radius 2 is 1.86 bits per heavy atom. The van der Waals surface area contributed by atoms with E-state index in [4.69, 9.17) is 16.3 Å². The van der Waals surface area contributed by atoms with Crippen molar-refractivity contribution < 1.29 is 9.53 Å². The Kier molecular flexibility index (Phi) is 6.36. The second-order valence-electron chi connectivity index (χ2n) is 5.93. The lowest BCUT2D eigenvalue weighted by molar-refractivity contribution is -0.122. The summed E-state index contributed by atoms with van der Waals surface area (Å²) >= 11 is 5.81. The van der Waals surface area contributed by atoms with Gasteiger partial charge in [0.05, 0.1) is 13.0 Å². The summed E-state index contributed by atoms with van der Waals surface area (Å²) in [5, 5.41) is 7.39. The molecule has 22 heavy (non-hydrogen) atoms. The van der Waals surface area contributed by atoms with Gasteiger partial charge in [0.1, 0.15) is 5.75 Å². The molecule has 0 radical (unpaired) electrons. The van der Waals surface area contributed by atoms with Crippen molar-refractivity contribution in [3.8, 4) is 5.75 Å². The lowest BCUT2D eigenvalue weighted by atomic mass is 10.00. The minimum Gasteiger partial charge on any atom is -0.493 e. The van der Waals surface area contributed by atoms with Crippen LogP contribution in [0, 0.1) is 0 Å². The summed E-state index contributed by atoms with van der Waals surface area (Å²) in [6.45, 7) is 0.394. The lowest BCUT2D eigenvalue weighted by Crippen LogP contribution is -2.48. The zero-order valence-electron chi connectivity index (χ0n) is 12.4. The first kappa shape index (κ1) is 17.4. The Hall–Kier alpha value is -0.970. The number of halogens is 2. The van der Waals surface area contributed by atoms with Crippen LogP contribution < -0.4 is 15.4 Å². The summed E-state index contributed by atoms with van der Waals surface area (Å²) in [7, 11) is 0. The maximum atomic E-state index is 12.0. The molecular formula is C16H22Cl2N2O2. The zero-order valence-corrected chi connectivity index (χ0v) is 14.0. The molecule has 4 nitrogen and oxygen atoms in total. The maximum absolute atomic E-state index is 12.0. The molecular weight excluding hydrogens is 323 g/mol. The number of carbonyl (C=O) groups excluding carboxylic acids is 1. The van der Waals surface area contributed by atoms with E-state index < -0.39 is 0 Å². The first-order valence-electron chi connectivity index (χ1n) is 7.63. The number of fused-ring (bicyclic) bond motifs is 2. The second kappa shape index (κ2) is 8.04. The summed E-state index contributed by atoms with van der Waals surface area (Å²) < 4.78 is 5.54. The average Bonchev–Trinajstić information content (AvgIpc) is 2.80. The van der Waals surface area contributed by atoms with Crippen molar-refractivity contribution in [2.24, 2.45) is 0 Å². The van der Waals surface area contributed by atoms with Crippen molar-refractivity contribution >= 4 is 29.9 Å². The van der Waals surface area contributed by atoms with Crippen LogP contribution in [0.3, 0.4) is 0 Å². The average molecular weight is 345 g/mol. The van der Waals surface area contributed by atoms with Gasteiger partial charge in [0.25, 0.3) is 0 Å². The van der Waals surface area contributed by atoms with Crippen molar-refractivity contribution in [1.82, 2.24) is 10.6 Å². The summed E-state index contributed by atoms with van der Waals surface area (Å²) in [4.78, 5) is 12.0. The fourth-order valence-corrected chi connectivity index (χ4v) is 3.39. The van der Waals surface area contributed by atoms with Gasteiger partial charge >= 0.3 is 0 Å². The number of piperidine rings is 1. The largest absolute Gasteiger partial charge is 0.493 e. The molecule has 2 aliphatic rings. The normalized spacial score (nSPS) is 26.1. The van der Waals surface area contributed by atoms with Crippen LogP contribution in [0.2, 0.25) is 5.02 Å². The molecule has 0 aromatic heterocycles. The van der Waals surface area contributed by atoms with Crippen molar-refractivity contribution in [2.75, 3.05) is 6.61 Å². The monoisotopic (exact) mass is 344 g/mol. The Labute approximate surface area is 142 Å². The van der Waals surface area contributed by atoms with Crippen molar-refractivity contribution in [2.45, 2.75) is 50.2 Å². The van der Waals surface area contributed by atoms with E-state index in [1.807, 2.05) is 12.1 Å². The minimum atomic E-state index is 0. The molecule has 0 saturated carbocycles. The Bertz CT molecular complexity index is 483. The van der Waals surface area contributed by atoms with Gasteiger partial charge in [-0.2, -0.15) is 0 Å². The van der Waals surface area contributed by atoms with E-state index in [2.05, 4.69) is 10.6 Å². The minimum absolute atomic E-state index is 0. The van der Waals surface area contributed by atoms with Gasteiger partial charge in [-0.1, -0.05) is 11.6 Å². The van der Waals surface area contributed by atoms with Gasteiger partial charge < -0.3 is 15.4 Å². The number of hydrogen-bond acceptors (Lipinski definition) is 3. The van der Waals surface area contributed by atoms with Crippen LogP contribution in [-0.4, -0.2) is 30.6 Å². The third-order valence-electron chi connectivity index (χ3n) is 4.25. The van der Waals surface area contributed by atoms with Gasteiger partial charge in [0.15, 0.2) is 0 Å². The zero-order chi connectivity index (χ0) is 14.7. The molecule has 3 rings (SSSR count). The first-order valence-corrected chi connectivity index (χ1v) is 8.00. The Balaban J connectivity index is 0.00000176. The molecule has 2 saturated heterocycles. The number of amides is 1. The smallest absolute Gasteiger partial charge is 0.223 e. The highest BCUT2D eigenvalue weighted by Crippen LogP contribution is 2.26. The van der Waals surface area contributed by atoms with Crippen LogP contribution in [0.15, 0.2) is 24.3 Å². The molecule has 6 heteroatoms. The van der Waals surface area contributed by atoms with E-state index in [0.717, 1.165) is 18.6 Å². The summed E-state index contributed by atoms with van der Waals surface area (Å²) in [6, 6.07) is 8.70. The molecule has 122 valence electrons. The Morgan fingerprint density at radius 1 is 1.23 bits per heavy atom. The first-order chi connectivity index (χ1) is 10.2. The fourth-order valence-electron chi connectivity index (χ4n) is 3.27. The van der Waals surface area contributed by atoms with E-state index in [0.29, 0.717) is 36.2 Å². The predicted octanol–water partition coefficient (Wildman–Crippen LogP) is 2.93. The number of rotatable bonds is 5. The van der Waals surface area contributed by atoms with Crippen LogP contribution in [-0.2, 0) is 4.79 Å². The molecule has 2 unspecified atom stereocenters. The highest BCUT2D eigenvalue weighted by molar-refractivity contribution is 6.30. The molecule has 2 N–H and O–H groups in total. The van der Waals surface area contributed by atoms with Crippen LogP contribution >= 0.6 is 24.0 Å². The molecule has 1 aromatic carbocycles. The Morgan fingerprint density at radius 3 is 2.50 bits per heavy atom. The molecule has 0 spiro atoms. The van der Waals surface area contributed by atoms with Crippen molar-refractivity contribution in [1.29, 1.82) is 0 Å². The molecule has 2 heterocycles. The van der Waals surface area contributed by atoms with E-state index >= 15 is 0 Å². The topological polar surface area (TPSA) is 50.4 Å². The highest BCUT2D eigenvalue weighted by Gasteiger charge is 2.33. The summed E-state index contributed by atoms with van der Waals surface area (Å²) in [6.07, 6.45) is 5.00. The summed E-state index contributed by atoms with van der Waals surface area (Å²) in [5.74, 6) is 0.822. The van der Waals surface area contributed by atoms with Crippen molar-refractivity contribution in [3.63, 3.8) is 0 Å². The molecule has 1 amide bonds. The molecule has 2 bridgehead atoms. The predicted molar refractivity (Wildman–Crippen MR) is 89.9 cm³/mol. The number of carbonyl (C=O) groups is 1. The van der Waals surface area contributed by atoms with Gasteiger partial charge in [0, 0.05) is 23.1 Å². The number of ether oxygens (including phenoxy) is 1. The van der Waals surface area contributed by atoms with Crippen LogP contribution in [0.1, 0.15) is 32.1 Å². The van der Waals surface area contributed by atoms with Crippen molar-refractivity contribution in [3.05, 3.63) is 29.3 Å². The van der Waals surface area contributed by atoms with Gasteiger partial charge in [0.2, 0.25) is 5.91 Å². The number of hydrogen-bond donors (Lipinski definition) is 2. The second-order valence-corrected chi connectivity index (χ2v) is 6.36. The van der Waals surface area contributed by atoms with Gasteiger partial charge in [-0.05, 0) is 49.9 Å². The highest BCUT2D eigenvalue weighted by atomic mass is 35.5. The maximum Gasteiger partial charge on any atom is 0.223 e. The lowest BCUT2D eigenvalue weighted by Gasteiger charge is -2.29. The molecule has 2 fully saturated rings.